The number of H-pyrrole nitrogens is 1. The summed E-state index contributed by atoms with van der Waals surface area (Å²) in [5.74, 6) is 0. The summed E-state index contributed by atoms with van der Waals surface area (Å²) in [6, 6.07) is 4.28. The lowest BCUT2D eigenvalue weighted by molar-refractivity contribution is 0.300. The Morgan fingerprint density at radius 1 is 1.13 bits per heavy atom. The van der Waals surface area contributed by atoms with Crippen molar-refractivity contribution in [3.63, 3.8) is 0 Å². The Hall–Kier alpha value is -1.28. The molecular weight excluding hydrogens is 186 g/mol. The molecule has 0 unspecified atom stereocenters. The summed E-state index contributed by atoms with van der Waals surface area (Å²) in [5, 5.41) is 10.4. The van der Waals surface area contributed by atoms with Gasteiger partial charge < -0.3 is 10.1 Å². The number of aliphatic hydroxyl groups is 1. The van der Waals surface area contributed by atoms with Crippen molar-refractivity contribution in [3.8, 4) is 0 Å². The SMILES string of the molecule is Cc1[nH]c2c(C)ccc(C)c2c1CCO. The van der Waals surface area contributed by atoms with Crippen LogP contribution in [0.15, 0.2) is 12.1 Å². The molecule has 1 aromatic heterocycles. The van der Waals surface area contributed by atoms with Gasteiger partial charge >= 0.3 is 0 Å². The topological polar surface area (TPSA) is 36.0 Å². The molecule has 0 radical (unpaired) electrons. The van der Waals surface area contributed by atoms with E-state index in [1.807, 2.05) is 0 Å². The number of aliphatic hydroxyl groups excluding tert-OH is 1. The maximum Gasteiger partial charge on any atom is 0.0491 e. The molecular formula is C13H17NO. The molecule has 0 spiro atoms. The molecule has 0 bridgehead atoms. The third-order valence-electron chi connectivity index (χ3n) is 3.05. The van der Waals surface area contributed by atoms with E-state index in [2.05, 4.69) is 37.9 Å². The molecule has 0 atom stereocenters. The van der Waals surface area contributed by atoms with Crippen LogP contribution < -0.4 is 0 Å². The quantitative estimate of drug-likeness (QED) is 0.773. The van der Waals surface area contributed by atoms with Crippen LogP contribution in [0.25, 0.3) is 10.9 Å². The molecule has 1 heterocycles. The Morgan fingerprint density at radius 3 is 2.47 bits per heavy atom. The second kappa shape index (κ2) is 3.70. The minimum atomic E-state index is 0.209. The number of rotatable bonds is 2. The molecule has 0 fully saturated rings. The van der Waals surface area contributed by atoms with E-state index in [1.165, 1.54) is 33.3 Å². The number of aromatic nitrogens is 1. The number of hydrogen-bond acceptors (Lipinski definition) is 1. The lowest BCUT2D eigenvalue weighted by Gasteiger charge is -2.03. The van der Waals surface area contributed by atoms with Crippen LogP contribution in [0.1, 0.15) is 22.4 Å². The summed E-state index contributed by atoms with van der Waals surface area (Å²) in [6.45, 7) is 6.52. The molecule has 0 saturated carbocycles. The van der Waals surface area contributed by atoms with Crippen molar-refractivity contribution in [2.45, 2.75) is 27.2 Å². The molecule has 2 aromatic rings. The van der Waals surface area contributed by atoms with Gasteiger partial charge in [0.05, 0.1) is 0 Å². The summed E-state index contributed by atoms with van der Waals surface area (Å²) >= 11 is 0. The molecule has 2 N–H and O–H groups in total. The maximum atomic E-state index is 9.07. The smallest absolute Gasteiger partial charge is 0.0491 e. The number of aromatic amines is 1. The van der Waals surface area contributed by atoms with Gasteiger partial charge in [-0.05, 0) is 43.9 Å². The van der Waals surface area contributed by atoms with Crippen molar-refractivity contribution in [2.75, 3.05) is 6.61 Å². The highest BCUT2D eigenvalue weighted by Crippen LogP contribution is 2.28. The maximum absolute atomic E-state index is 9.07. The van der Waals surface area contributed by atoms with Crippen LogP contribution in [0.5, 0.6) is 0 Å². The first-order chi connectivity index (χ1) is 7.15. The molecule has 2 nitrogen and oxygen atoms in total. The number of benzene rings is 1. The highest BCUT2D eigenvalue weighted by atomic mass is 16.2. The van der Waals surface area contributed by atoms with Crippen molar-refractivity contribution in [2.24, 2.45) is 0 Å². The Labute approximate surface area is 89.9 Å². The van der Waals surface area contributed by atoms with Crippen LogP contribution >= 0.6 is 0 Å². The lowest BCUT2D eigenvalue weighted by atomic mass is 10.0. The molecule has 2 heteroatoms. The van der Waals surface area contributed by atoms with E-state index in [0.29, 0.717) is 0 Å². The fourth-order valence-electron chi connectivity index (χ4n) is 2.24. The number of hydrogen-bond donors (Lipinski definition) is 2. The molecule has 0 aliphatic rings. The first kappa shape index (κ1) is 10.2. The van der Waals surface area contributed by atoms with Crippen LogP contribution in [0.2, 0.25) is 0 Å². The highest BCUT2D eigenvalue weighted by Gasteiger charge is 2.11. The summed E-state index contributed by atoms with van der Waals surface area (Å²) in [4.78, 5) is 3.41. The standard InChI is InChI=1S/C13H17NO/c1-8-4-5-9(2)13-12(8)11(6-7-15)10(3)14-13/h4-5,14-15H,6-7H2,1-3H3. The third-order valence-corrected chi connectivity index (χ3v) is 3.05. The van der Waals surface area contributed by atoms with E-state index in [-0.39, 0.29) is 6.61 Å². The monoisotopic (exact) mass is 203 g/mol. The van der Waals surface area contributed by atoms with Crippen molar-refractivity contribution in [1.29, 1.82) is 0 Å². The Kier molecular flexibility index (Phi) is 2.53. The van der Waals surface area contributed by atoms with Crippen molar-refractivity contribution in [1.82, 2.24) is 4.98 Å². The van der Waals surface area contributed by atoms with Gasteiger partial charge in [0.15, 0.2) is 0 Å². The average molecular weight is 203 g/mol. The van der Waals surface area contributed by atoms with Crippen LogP contribution in [-0.4, -0.2) is 16.7 Å². The van der Waals surface area contributed by atoms with E-state index >= 15 is 0 Å². The van der Waals surface area contributed by atoms with E-state index in [9.17, 15) is 0 Å². The van der Waals surface area contributed by atoms with Crippen molar-refractivity contribution >= 4 is 10.9 Å². The lowest BCUT2D eigenvalue weighted by Crippen LogP contribution is -1.92. The molecule has 0 aliphatic carbocycles. The minimum Gasteiger partial charge on any atom is -0.396 e. The van der Waals surface area contributed by atoms with Crippen LogP contribution in [0.4, 0.5) is 0 Å². The molecule has 80 valence electrons. The van der Waals surface area contributed by atoms with Crippen LogP contribution in [0.3, 0.4) is 0 Å². The van der Waals surface area contributed by atoms with Gasteiger partial charge in [0.2, 0.25) is 0 Å². The number of aryl methyl sites for hydroxylation is 3. The molecule has 0 aliphatic heterocycles. The zero-order chi connectivity index (χ0) is 11.0. The van der Waals surface area contributed by atoms with Crippen molar-refractivity contribution in [3.05, 3.63) is 34.5 Å². The first-order valence-electron chi connectivity index (χ1n) is 5.33. The second-order valence-electron chi connectivity index (χ2n) is 4.15. The predicted octanol–water partition coefficient (Wildman–Crippen LogP) is 2.63. The average Bonchev–Trinajstić information content (AvgIpc) is 2.53. The Bertz CT molecular complexity index is 497. The van der Waals surface area contributed by atoms with E-state index in [4.69, 9.17) is 5.11 Å². The first-order valence-corrected chi connectivity index (χ1v) is 5.33. The molecule has 0 amide bonds. The van der Waals surface area contributed by atoms with E-state index in [1.54, 1.807) is 0 Å². The Morgan fingerprint density at radius 2 is 1.80 bits per heavy atom. The van der Waals surface area contributed by atoms with Gasteiger partial charge in [-0.15, -0.1) is 0 Å². The summed E-state index contributed by atoms with van der Waals surface area (Å²) in [6.07, 6.45) is 0.732. The van der Waals surface area contributed by atoms with Crippen molar-refractivity contribution < 1.29 is 5.11 Å². The summed E-state index contributed by atoms with van der Waals surface area (Å²) < 4.78 is 0. The fraction of sp³-hybridized carbons (Fsp3) is 0.385. The normalized spacial score (nSPS) is 11.2. The molecule has 15 heavy (non-hydrogen) atoms. The minimum absolute atomic E-state index is 0.209. The third kappa shape index (κ3) is 1.55. The number of nitrogens with one attached hydrogen (secondary N) is 1. The van der Waals surface area contributed by atoms with Gasteiger partial charge in [-0.3, -0.25) is 0 Å². The largest absolute Gasteiger partial charge is 0.396 e. The van der Waals surface area contributed by atoms with Gasteiger partial charge in [-0.2, -0.15) is 0 Å². The van der Waals surface area contributed by atoms with Gasteiger partial charge in [0.25, 0.3) is 0 Å². The van der Waals surface area contributed by atoms with Crippen LogP contribution in [0, 0.1) is 20.8 Å². The van der Waals surface area contributed by atoms with Gasteiger partial charge in [0, 0.05) is 23.2 Å². The Balaban J connectivity index is 2.79. The zero-order valence-electron chi connectivity index (χ0n) is 9.52. The predicted molar refractivity (Wildman–Crippen MR) is 63.3 cm³/mol. The molecule has 0 saturated heterocycles. The summed E-state index contributed by atoms with van der Waals surface area (Å²) in [5.41, 5.74) is 6.20. The van der Waals surface area contributed by atoms with E-state index < -0.39 is 0 Å². The zero-order valence-corrected chi connectivity index (χ0v) is 9.52. The van der Waals surface area contributed by atoms with Crippen LogP contribution in [-0.2, 0) is 6.42 Å². The number of fused-ring (bicyclic) bond motifs is 1. The van der Waals surface area contributed by atoms with Gasteiger partial charge in [-0.25, -0.2) is 0 Å². The van der Waals surface area contributed by atoms with Gasteiger partial charge in [0.1, 0.15) is 0 Å². The fourth-order valence-corrected chi connectivity index (χ4v) is 2.24. The molecule has 2 rings (SSSR count). The summed E-state index contributed by atoms with van der Waals surface area (Å²) in [7, 11) is 0. The second-order valence-corrected chi connectivity index (χ2v) is 4.15. The highest BCUT2D eigenvalue weighted by molar-refractivity contribution is 5.90. The molecule has 1 aromatic carbocycles. The van der Waals surface area contributed by atoms with Gasteiger partial charge in [-0.1, -0.05) is 12.1 Å². The van der Waals surface area contributed by atoms with E-state index in [0.717, 1.165) is 6.42 Å².